The molecule has 51 heavy (non-hydrogen) atoms. The average Bonchev–Trinajstić information content (AvgIpc) is 3.11. The number of benzene rings is 3. The monoisotopic (exact) mass is 728 g/mol. The number of amides is 1. The van der Waals surface area contributed by atoms with Crippen molar-refractivity contribution in [1.29, 1.82) is 0 Å². The molecule has 0 spiro atoms. The summed E-state index contributed by atoms with van der Waals surface area (Å²) in [6.07, 6.45) is 7.33. The number of nitro groups is 1. The van der Waals surface area contributed by atoms with Crippen LogP contribution in [0.5, 0.6) is 0 Å². The maximum atomic E-state index is 14.1. The van der Waals surface area contributed by atoms with Crippen LogP contribution in [0.1, 0.15) is 61.9 Å². The fourth-order valence-electron chi connectivity index (χ4n) is 7.00. The van der Waals surface area contributed by atoms with Gasteiger partial charge in [0.25, 0.3) is 11.6 Å². The highest BCUT2D eigenvalue weighted by molar-refractivity contribution is 7.91. The van der Waals surface area contributed by atoms with E-state index in [9.17, 15) is 23.3 Å². The number of sulfone groups is 1. The van der Waals surface area contributed by atoms with Gasteiger partial charge in [-0.3, -0.25) is 19.9 Å². The van der Waals surface area contributed by atoms with E-state index in [1.165, 1.54) is 41.6 Å². The van der Waals surface area contributed by atoms with Gasteiger partial charge in [-0.15, -0.1) is 0 Å². The van der Waals surface area contributed by atoms with Crippen LogP contribution in [0.25, 0.3) is 5.57 Å². The lowest BCUT2D eigenvalue weighted by molar-refractivity contribution is -0.384. The van der Waals surface area contributed by atoms with Crippen molar-refractivity contribution in [3.63, 3.8) is 0 Å². The number of nitro benzene ring substituents is 1. The second kappa shape index (κ2) is 14.8. The van der Waals surface area contributed by atoms with E-state index in [1.54, 1.807) is 24.4 Å². The Kier molecular flexibility index (Phi) is 10.5. The first kappa shape index (κ1) is 36.0. The summed E-state index contributed by atoms with van der Waals surface area (Å²) in [7, 11) is -4.27. The first-order valence-electron chi connectivity index (χ1n) is 16.9. The van der Waals surface area contributed by atoms with Crippen LogP contribution in [-0.2, 0) is 9.84 Å². The zero-order valence-corrected chi connectivity index (χ0v) is 30.1. The molecule has 6 rings (SSSR count). The lowest BCUT2D eigenvalue weighted by atomic mass is 9.72. The Labute approximate surface area is 303 Å². The van der Waals surface area contributed by atoms with Gasteiger partial charge < -0.3 is 21.3 Å². The van der Waals surface area contributed by atoms with E-state index in [0.717, 1.165) is 56.8 Å². The zero-order chi connectivity index (χ0) is 36.3. The molecule has 1 aromatic heterocycles. The minimum absolute atomic E-state index is 0.00349. The third-order valence-electron chi connectivity index (χ3n) is 9.76. The molecular weight excluding hydrogens is 688 g/mol. The molecule has 0 bridgehead atoms. The molecule has 266 valence electrons. The van der Waals surface area contributed by atoms with E-state index >= 15 is 0 Å². The number of allylic oxidation sites excluding steroid dienone is 1. The van der Waals surface area contributed by atoms with E-state index in [0.29, 0.717) is 22.9 Å². The van der Waals surface area contributed by atoms with Crippen LogP contribution in [0.2, 0.25) is 5.02 Å². The fraction of sp³-hybridized carbons (Fsp3) is 0.316. The number of carbonyl (C=O) groups excluding carboxylic acids is 1. The number of carbonyl (C=O) groups is 1. The fourth-order valence-corrected chi connectivity index (χ4v) is 8.43. The summed E-state index contributed by atoms with van der Waals surface area (Å²) in [6, 6.07) is 19.3. The smallest absolute Gasteiger partial charge is 0.293 e. The first-order valence-corrected chi connectivity index (χ1v) is 18.8. The number of hydrogen-bond donors (Lipinski definition) is 3. The van der Waals surface area contributed by atoms with Gasteiger partial charge in [0.15, 0.2) is 0 Å². The van der Waals surface area contributed by atoms with Crippen LogP contribution in [0.15, 0.2) is 101 Å². The van der Waals surface area contributed by atoms with Crippen LogP contribution in [0.4, 0.5) is 22.7 Å². The van der Waals surface area contributed by atoms with E-state index in [2.05, 4.69) is 34.4 Å². The molecule has 0 radical (unpaired) electrons. The lowest BCUT2D eigenvalue weighted by Crippen LogP contribution is -2.44. The molecule has 1 saturated heterocycles. The highest BCUT2D eigenvalue weighted by atomic mass is 35.5. The molecule has 1 fully saturated rings. The van der Waals surface area contributed by atoms with E-state index in [-0.39, 0.29) is 38.2 Å². The van der Waals surface area contributed by atoms with Crippen molar-refractivity contribution in [2.75, 3.05) is 29.9 Å². The summed E-state index contributed by atoms with van der Waals surface area (Å²) >= 11 is 6.24. The number of nitrogens with zero attached hydrogens (tertiary/aromatic N) is 3. The highest BCUT2D eigenvalue weighted by Crippen LogP contribution is 2.45. The quantitative estimate of drug-likeness (QED) is 0.105. The molecule has 4 N–H and O–H groups in total. The molecule has 0 unspecified atom stereocenters. The van der Waals surface area contributed by atoms with Gasteiger partial charge in [-0.1, -0.05) is 37.6 Å². The van der Waals surface area contributed by atoms with Crippen molar-refractivity contribution >= 4 is 55.7 Å². The van der Waals surface area contributed by atoms with Gasteiger partial charge in [-0.25, -0.2) is 8.42 Å². The van der Waals surface area contributed by atoms with Gasteiger partial charge >= 0.3 is 0 Å². The van der Waals surface area contributed by atoms with Crippen LogP contribution < -0.4 is 21.3 Å². The number of piperidine rings is 1. The average molecular weight is 729 g/mol. The van der Waals surface area contributed by atoms with Gasteiger partial charge in [-0.05, 0) is 122 Å². The highest BCUT2D eigenvalue weighted by Gasteiger charge is 2.34. The normalized spacial score (nSPS) is 16.5. The number of anilines is 3. The number of nitrogens with one attached hydrogen (secondary N) is 2. The predicted molar refractivity (Wildman–Crippen MR) is 200 cm³/mol. The van der Waals surface area contributed by atoms with Crippen LogP contribution in [-0.4, -0.2) is 49.9 Å². The predicted octanol–water partition coefficient (Wildman–Crippen LogP) is 7.54. The van der Waals surface area contributed by atoms with Gasteiger partial charge in [0.2, 0.25) is 9.84 Å². The summed E-state index contributed by atoms with van der Waals surface area (Å²) < 4.78 is 28.1. The molecule has 1 aliphatic heterocycles. The van der Waals surface area contributed by atoms with Gasteiger partial charge in [0.05, 0.1) is 37.8 Å². The summed E-state index contributed by atoms with van der Waals surface area (Å²) in [6.45, 7) is 6.54. The van der Waals surface area contributed by atoms with Gasteiger partial charge in [0.1, 0.15) is 5.69 Å². The topological polar surface area (TPSA) is 161 Å². The molecular formula is C38H41ClN6O5S. The Morgan fingerprint density at radius 3 is 2.45 bits per heavy atom. The van der Waals surface area contributed by atoms with Crippen LogP contribution in [0, 0.1) is 15.5 Å². The number of aromatic nitrogens is 1. The molecule has 3 aromatic carbocycles. The van der Waals surface area contributed by atoms with E-state index < -0.39 is 20.7 Å². The van der Waals surface area contributed by atoms with Crippen LogP contribution in [0.3, 0.4) is 0 Å². The Hall–Kier alpha value is -4.78. The second-order valence-electron chi connectivity index (χ2n) is 13.9. The zero-order valence-electron chi connectivity index (χ0n) is 28.6. The van der Waals surface area contributed by atoms with Gasteiger partial charge in [-0.2, -0.15) is 0 Å². The molecule has 0 atom stereocenters. The Morgan fingerprint density at radius 1 is 1.08 bits per heavy atom. The minimum Gasteiger partial charge on any atom is -0.366 e. The lowest BCUT2D eigenvalue weighted by Gasteiger charge is -2.40. The molecule has 1 amide bonds. The number of primary amides is 1. The van der Waals surface area contributed by atoms with Crippen molar-refractivity contribution in [1.82, 2.24) is 10.3 Å². The molecule has 1 aliphatic carbocycles. The van der Waals surface area contributed by atoms with Gasteiger partial charge in [0, 0.05) is 29.9 Å². The summed E-state index contributed by atoms with van der Waals surface area (Å²) in [5.41, 5.74) is 10.0. The first-order chi connectivity index (χ1) is 24.3. The third kappa shape index (κ3) is 8.08. The molecule has 13 heteroatoms. The van der Waals surface area contributed by atoms with Crippen molar-refractivity contribution in [2.45, 2.75) is 61.8 Å². The number of rotatable bonds is 11. The van der Waals surface area contributed by atoms with Crippen molar-refractivity contribution in [2.24, 2.45) is 11.1 Å². The molecule has 2 aliphatic rings. The molecule has 2 heterocycles. The number of halogens is 1. The Morgan fingerprint density at radius 2 is 1.78 bits per heavy atom. The maximum absolute atomic E-state index is 14.1. The molecule has 4 aromatic rings. The van der Waals surface area contributed by atoms with Crippen molar-refractivity contribution in [3.8, 4) is 0 Å². The van der Waals surface area contributed by atoms with Crippen molar-refractivity contribution in [3.05, 3.63) is 117 Å². The number of hydrogen-bond acceptors (Lipinski definition) is 9. The number of nitrogens with two attached hydrogens (primary N) is 1. The Balaban J connectivity index is 1.41. The third-order valence-corrected chi connectivity index (χ3v) is 11.8. The molecule has 11 nitrogen and oxygen atoms in total. The minimum atomic E-state index is -4.27. The van der Waals surface area contributed by atoms with E-state index in [4.69, 9.17) is 17.3 Å². The summed E-state index contributed by atoms with van der Waals surface area (Å²) in [4.78, 5) is 30.2. The largest absolute Gasteiger partial charge is 0.366 e. The van der Waals surface area contributed by atoms with E-state index in [1.807, 2.05) is 24.3 Å². The Bertz CT molecular complexity index is 2080. The summed E-state index contributed by atoms with van der Waals surface area (Å²) in [5.74, 6) is -0.751. The SMILES string of the molecule is CC1(C)CCC(CN(c2ccc(S(=O)(=O)c3ccc(C(N)=O)c(Nc4cccnc4)c3)cc2[N+](=O)[O-])C2CCNCC2)=C(c2ccc(Cl)cc2)C1. The standard InChI is InChI=1S/C38H41ClN6O5S/c1-38(2)16-13-26(33(22-38)25-5-7-27(39)8-6-25)24-44(29-14-18-41-19-15-29)35-12-10-31(21-36(35)45(47)48)51(49,50)30-9-11-32(37(40)46)34(20-30)43-28-4-3-17-42-23-28/h3-12,17,20-21,23,29,41,43H,13-16,18-19,22,24H2,1-2H3,(H2,40,46). The maximum Gasteiger partial charge on any atom is 0.293 e. The number of pyridine rings is 1. The van der Waals surface area contributed by atoms with Crippen molar-refractivity contribution < 1.29 is 18.1 Å². The molecule has 0 saturated carbocycles. The van der Waals surface area contributed by atoms with Crippen LogP contribution >= 0.6 is 11.6 Å². The summed E-state index contributed by atoms with van der Waals surface area (Å²) in [5, 5.41) is 19.8. The second-order valence-corrected chi connectivity index (χ2v) is 16.3.